The summed E-state index contributed by atoms with van der Waals surface area (Å²) in [5.41, 5.74) is 0.922. The molecule has 0 unspecified atom stereocenters. The lowest BCUT2D eigenvalue weighted by Gasteiger charge is -2.15. The van der Waals surface area contributed by atoms with Gasteiger partial charge in [-0.2, -0.15) is 0 Å². The van der Waals surface area contributed by atoms with Gasteiger partial charge in [0.1, 0.15) is 0 Å². The molecule has 3 nitrogen and oxygen atoms in total. The molecule has 1 rings (SSSR count). The van der Waals surface area contributed by atoms with Crippen molar-refractivity contribution in [2.45, 2.75) is 13.0 Å². The van der Waals surface area contributed by atoms with Crippen molar-refractivity contribution in [2.24, 2.45) is 0 Å². The molecule has 1 atom stereocenters. The number of hydrogen-bond donors (Lipinski definition) is 2. The van der Waals surface area contributed by atoms with E-state index in [1.807, 2.05) is 31.2 Å². The monoisotopic (exact) mass is 252 g/mol. The summed E-state index contributed by atoms with van der Waals surface area (Å²) in [6, 6.07) is 7.40. The largest absolute Gasteiger partial charge is 0.348 e. The molecule has 1 aromatic rings. The van der Waals surface area contributed by atoms with Crippen molar-refractivity contribution in [1.29, 1.82) is 0 Å². The Morgan fingerprint density at radius 2 is 2.24 bits per heavy atom. The summed E-state index contributed by atoms with van der Waals surface area (Å²) >= 11 is 6.05. The molecule has 0 saturated heterocycles. The van der Waals surface area contributed by atoms with Crippen molar-refractivity contribution in [1.82, 2.24) is 10.6 Å². The van der Waals surface area contributed by atoms with Crippen LogP contribution in [0.5, 0.6) is 0 Å². The quantitative estimate of drug-likeness (QED) is 0.603. The third-order valence-electron chi connectivity index (χ3n) is 2.32. The molecule has 92 valence electrons. The van der Waals surface area contributed by atoms with Crippen LogP contribution >= 0.6 is 11.6 Å². The molecule has 0 fully saturated rings. The molecule has 0 heterocycles. The van der Waals surface area contributed by atoms with Gasteiger partial charge in [0.05, 0.1) is 12.6 Å². The maximum absolute atomic E-state index is 11.6. The first-order valence-corrected chi connectivity index (χ1v) is 5.88. The molecule has 1 amide bonds. The number of halogens is 1. The van der Waals surface area contributed by atoms with Gasteiger partial charge >= 0.3 is 0 Å². The minimum absolute atomic E-state index is 0.0562. The van der Waals surface area contributed by atoms with E-state index in [0.717, 1.165) is 5.56 Å². The van der Waals surface area contributed by atoms with E-state index >= 15 is 0 Å². The normalized spacial score (nSPS) is 11.9. The van der Waals surface area contributed by atoms with Gasteiger partial charge in [-0.05, 0) is 18.6 Å². The smallest absolute Gasteiger partial charge is 0.234 e. The molecule has 2 N–H and O–H groups in total. The first-order chi connectivity index (χ1) is 8.15. The highest BCUT2D eigenvalue weighted by atomic mass is 35.5. The third-order valence-corrected chi connectivity index (χ3v) is 2.67. The Morgan fingerprint density at radius 3 is 2.88 bits per heavy atom. The minimum Gasteiger partial charge on any atom is -0.348 e. The second-order valence-corrected chi connectivity index (χ2v) is 4.14. The van der Waals surface area contributed by atoms with E-state index in [1.165, 1.54) is 0 Å². The summed E-state index contributed by atoms with van der Waals surface area (Å²) in [6.45, 7) is 6.37. The second-order valence-electron chi connectivity index (χ2n) is 3.73. The van der Waals surface area contributed by atoms with Gasteiger partial charge in [-0.1, -0.05) is 35.9 Å². The molecule has 0 aliphatic carbocycles. The van der Waals surface area contributed by atoms with Crippen LogP contribution in [0, 0.1) is 0 Å². The highest BCUT2D eigenvalue weighted by Gasteiger charge is 2.11. The Labute approximate surface area is 107 Å². The van der Waals surface area contributed by atoms with E-state index in [4.69, 9.17) is 11.6 Å². The maximum Gasteiger partial charge on any atom is 0.234 e. The third kappa shape index (κ3) is 4.59. The molecular weight excluding hydrogens is 236 g/mol. The summed E-state index contributed by atoms with van der Waals surface area (Å²) in [7, 11) is 0. The molecule has 1 aromatic carbocycles. The Kier molecular flexibility index (Phi) is 5.73. The van der Waals surface area contributed by atoms with Crippen LogP contribution in [0.15, 0.2) is 36.9 Å². The number of carbonyl (C=O) groups is 1. The topological polar surface area (TPSA) is 41.1 Å². The number of carbonyl (C=O) groups excluding carboxylic acids is 1. The minimum atomic E-state index is -0.0956. The molecule has 17 heavy (non-hydrogen) atoms. The summed E-state index contributed by atoms with van der Waals surface area (Å²) in [6.07, 6.45) is 1.71. The fourth-order valence-corrected chi connectivity index (χ4v) is 1.78. The highest BCUT2D eigenvalue weighted by molar-refractivity contribution is 6.31. The van der Waals surface area contributed by atoms with E-state index in [2.05, 4.69) is 17.2 Å². The molecular formula is C13H17ClN2O. The van der Waals surface area contributed by atoms with Crippen molar-refractivity contribution < 1.29 is 4.79 Å². The van der Waals surface area contributed by atoms with Crippen LogP contribution in [0.2, 0.25) is 5.02 Å². The van der Waals surface area contributed by atoms with Crippen molar-refractivity contribution in [3.8, 4) is 0 Å². The average Bonchev–Trinajstić information content (AvgIpc) is 2.29. The van der Waals surface area contributed by atoms with Crippen LogP contribution in [-0.4, -0.2) is 19.0 Å². The zero-order valence-electron chi connectivity index (χ0n) is 9.87. The lowest BCUT2D eigenvalue weighted by molar-refractivity contribution is -0.120. The Bertz CT molecular complexity index is 393. The molecule has 0 aliphatic heterocycles. The van der Waals surface area contributed by atoms with Crippen LogP contribution in [0.4, 0.5) is 0 Å². The van der Waals surface area contributed by atoms with Gasteiger partial charge in [0.2, 0.25) is 5.91 Å². The predicted octanol–water partition coefficient (Wildman–Crippen LogP) is 2.29. The van der Waals surface area contributed by atoms with Crippen molar-refractivity contribution in [3.63, 3.8) is 0 Å². The Hall–Kier alpha value is -1.32. The molecule has 0 spiro atoms. The number of rotatable bonds is 6. The van der Waals surface area contributed by atoms with Gasteiger partial charge in [-0.3, -0.25) is 4.79 Å². The van der Waals surface area contributed by atoms with Gasteiger partial charge in [0, 0.05) is 11.6 Å². The predicted molar refractivity (Wildman–Crippen MR) is 71.1 cm³/mol. The van der Waals surface area contributed by atoms with Crippen LogP contribution < -0.4 is 10.6 Å². The molecule has 4 heteroatoms. The summed E-state index contributed by atoms with van der Waals surface area (Å²) in [5, 5.41) is 6.48. The van der Waals surface area contributed by atoms with E-state index in [0.29, 0.717) is 11.6 Å². The van der Waals surface area contributed by atoms with Crippen LogP contribution in [0.3, 0.4) is 0 Å². The first-order valence-electron chi connectivity index (χ1n) is 5.50. The van der Waals surface area contributed by atoms with Crippen LogP contribution in [0.25, 0.3) is 0 Å². The van der Waals surface area contributed by atoms with E-state index in [1.54, 1.807) is 6.08 Å². The van der Waals surface area contributed by atoms with E-state index < -0.39 is 0 Å². The fourth-order valence-electron chi connectivity index (χ4n) is 1.48. The molecule has 0 aromatic heterocycles. The molecule has 0 aliphatic rings. The number of hydrogen-bond acceptors (Lipinski definition) is 2. The molecule has 0 bridgehead atoms. The van der Waals surface area contributed by atoms with Crippen LogP contribution in [0.1, 0.15) is 18.5 Å². The standard InChI is InChI=1S/C13H17ClN2O/c1-3-8-15-9-13(17)16-10(2)11-6-4-5-7-12(11)14/h3-7,10,15H,1,8-9H2,2H3,(H,16,17)/t10-/m0/s1. The van der Waals surface area contributed by atoms with Crippen molar-refractivity contribution in [2.75, 3.05) is 13.1 Å². The SMILES string of the molecule is C=CCNCC(=O)N[C@@H](C)c1ccccc1Cl. The summed E-state index contributed by atoms with van der Waals surface area (Å²) in [5.74, 6) is -0.0562. The summed E-state index contributed by atoms with van der Waals surface area (Å²) in [4.78, 5) is 11.6. The van der Waals surface area contributed by atoms with Crippen molar-refractivity contribution in [3.05, 3.63) is 47.5 Å². The lowest BCUT2D eigenvalue weighted by Crippen LogP contribution is -2.35. The van der Waals surface area contributed by atoms with E-state index in [-0.39, 0.29) is 18.5 Å². The number of amides is 1. The van der Waals surface area contributed by atoms with Crippen LogP contribution in [-0.2, 0) is 4.79 Å². The average molecular weight is 253 g/mol. The van der Waals surface area contributed by atoms with Gasteiger partial charge in [0.25, 0.3) is 0 Å². The molecule has 0 saturated carbocycles. The number of benzene rings is 1. The Balaban J connectivity index is 2.49. The molecule has 0 radical (unpaired) electrons. The Morgan fingerprint density at radius 1 is 1.53 bits per heavy atom. The van der Waals surface area contributed by atoms with Gasteiger partial charge < -0.3 is 10.6 Å². The van der Waals surface area contributed by atoms with Crippen molar-refractivity contribution >= 4 is 17.5 Å². The second kappa shape index (κ2) is 7.09. The zero-order valence-corrected chi connectivity index (χ0v) is 10.6. The van der Waals surface area contributed by atoms with E-state index in [9.17, 15) is 4.79 Å². The van der Waals surface area contributed by atoms with Gasteiger partial charge in [-0.25, -0.2) is 0 Å². The fraction of sp³-hybridized carbons (Fsp3) is 0.308. The van der Waals surface area contributed by atoms with Gasteiger partial charge in [0.15, 0.2) is 0 Å². The first kappa shape index (κ1) is 13.7. The number of nitrogens with one attached hydrogen (secondary N) is 2. The highest BCUT2D eigenvalue weighted by Crippen LogP contribution is 2.21. The summed E-state index contributed by atoms with van der Waals surface area (Å²) < 4.78 is 0. The zero-order chi connectivity index (χ0) is 12.7. The lowest BCUT2D eigenvalue weighted by atomic mass is 10.1. The maximum atomic E-state index is 11.6. The van der Waals surface area contributed by atoms with Gasteiger partial charge in [-0.15, -0.1) is 6.58 Å².